The van der Waals surface area contributed by atoms with E-state index in [0.717, 1.165) is 20.2 Å². The van der Waals surface area contributed by atoms with E-state index >= 15 is 0 Å². The first-order valence-corrected chi connectivity index (χ1v) is 10.7. The van der Waals surface area contributed by atoms with Crippen LogP contribution >= 0.6 is 43.2 Å². The van der Waals surface area contributed by atoms with E-state index in [1.165, 1.54) is 16.0 Å². The molecule has 0 spiro atoms. The molecule has 140 valence electrons. The molecular formula is C19H13Br2N5OS. The van der Waals surface area contributed by atoms with Gasteiger partial charge in [-0.15, -0.1) is 16.5 Å². The van der Waals surface area contributed by atoms with Gasteiger partial charge < -0.3 is 0 Å². The van der Waals surface area contributed by atoms with Crippen LogP contribution in [0.4, 0.5) is 11.4 Å². The third-order valence-electron chi connectivity index (χ3n) is 3.94. The van der Waals surface area contributed by atoms with Crippen molar-refractivity contribution >= 4 is 54.6 Å². The van der Waals surface area contributed by atoms with Crippen molar-refractivity contribution in [2.45, 2.75) is 6.92 Å². The smallest absolute Gasteiger partial charge is 0.291 e. The molecule has 2 aromatic heterocycles. The second kappa shape index (κ2) is 7.94. The van der Waals surface area contributed by atoms with Crippen LogP contribution in [0.25, 0.3) is 16.4 Å². The minimum absolute atomic E-state index is 0.264. The normalized spacial score (nSPS) is 11.4. The molecular weight excluding hydrogens is 506 g/mol. The number of hydrogen-bond donors (Lipinski definition) is 1. The average Bonchev–Trinajstić information content (AvgIpc) is 3.26. The maximum absolute atomic E-state index is 12.8. The molecule has 0 fully saturated rings. The molecule has 0 amide bonds. The van der Waals surface area contributed by atoms with Crippen LogP contribution in [0.2, 0.25) is 0 Å². The van der Waals surface area contributed by atoms with E-state index in [1.54, 1.807) is 6.92 Å². The van der Waals surface area contributed by atoms with Crippen molar-refractivity contribution in [2.75, 3.05) is 0 Å². The van der Waals surface area contributed by atoms with Gasteiger partial charge in [0.15, 0.2) is 5.69 Å². The van der Waals surface area contributed by atoms with Crippen molar-refractivity contribution in [3.05, 3.63) is 78.9 Å². The molecule has 0 aliphatic rings. The maximum Gasteiger partial charge on any atom is 0.301 e. The molecule has 4 aromatic rings. The summed E-state index contributed by atoms with van der Waals surface area (Å²) in [5.41, 5.74) is 3.06. The maximum atomic E-state index is 12.8. The molecule has 0 radical (unpaired) electrons. The zero-order valence-electron chi connectivity index (χ0n) is 14.6. The van der Waals surface area contributed by atoms with Gasteiger partial charge in [0, 0.05) is 19.9 Å². The highest BCUT2D eigenvalue weighted by Crippen LogP contribution is 2.26. The SMILES string of the molecule is Cc1[nH]n(-c2nc(-c3ccc(Br)cc3)cs2)c(=O)c1N=Nc1cccc(Br)c1. The van der Waals surface area contributed by atoms with Gasteiger partial charge in [-0.1, -0.05) is 50.1 Å². The fourth-order valence-electron chi connectivity index (χ4n) is 2.56. The highest BCUT2D eigenvalue weighted by molar-refractivity contribution is 9.10. The molecule has 0 bridgehead atoms. The standard InChI is InChI=1S/C19H13Br2N5OS/c1-11-17(24-23-15-4-2-3-14(21)9-15)18(27)26(25-11)19-22-16(10-28-19)12-5-7-13(20)8-6-12/h2-10,25H,1H3. The summed E-state index contributed by atoms with van der Waals surface area (Å²) in [6.07, 6.45) is 0. The summed E-state index contributed by atoms with van der Waals surface area (Å²) in [5.74, 6) is 0. The monoisotopic (exact) mass is 517 g/mol. The lowest BCUT2D eigenvalue weighted by Crippen LogP contribution is -2.13. The Morgan fingerprint density at radius 2 is 1.86 bits per heavy atom. The summed E-state index contributed by atoms with van der Waals surface area (Å²) in [7, 11) is 0. The highest BCUT2D eigenvalue weighted by Gasteiger charge is 2.15. The van der Waals surface area contributed by atoms with Gasteiger partial charge in [0.05, 0.1) is 17.1 Å². The van der Waals surface area contributed by atoms with Gasteiger partial charge in [0.25, 0.3) is 0 Å². The largest absolute Gasteiger partial charge is 0.301 e. The first-order valence-electron chi connectivity index (χ1n) is 8.22. The van der Waals surface area contributed by atoms with Crippen molar-refractivity contribution in [1.82, 2.24) is 14.8 Å². The zero-order chi connectivity index (χ0) is 19.7. The van der Waals surface area contributed by atoms with E-state index in [-0.39, 0.29) is 11.2 Å². The molecule has 4 rings (SSSR count). The molecule has 2 heterocycles. The number of thiazole rings is 1. The van der Waals surface area contributed by atoms with E-state index in [0.29, 0.717) is 16.5 Å². The second-order valence-corrected chi connectivity index (χ2v) is 8.60. The number of aryl methyl sites for hydroxylation is 1. The van der Waals surface area contributed by atoms with Gasteiger partial charge in [0.2, 0.25) is 5.13 Å². The predicted octanol–water partition coefficient (Wildman–Crippen LogP) is 6.54. The first kappa shape index (κ1) is 19.0. The number of benzene rings is 2. The first-order chi connectivity index (χ1) is 13.5. The van der Waals surface area contributed by atoms with Crippen LogP contribution in [-0.2, 0) is 0 Å². The molecule has 28 heavy (non-hydrogen) atoms. The van der Waals surface area contributed by atoms with Gasteiger partial charge in [0.1, 0.15) is 0 Å². The second-order valence-electron chi connectivity index (χ2n) is 5.93. The van der Waals surface area contributed by atoms with E-state index in [2.05, 4.69) is 52.2 Å². The zero-order valence-corrected chi connectivity index (χ0v) is 18.5. The highest BCUT2D eigenvalue weighted by atomic mass is 79.9. The molecule has 0 saturated carbocycles. The Hall–Kier alpha value is -2.36. The summed E-state index contributed by atoms with van der Waals surface area (Å²) < 4.78 is 3.30. The van der Waals surface area contributed by atoms with E-state index in [4.69, 9.17) is 0 Å². The lowest BCUT2D eigenvalue weighted by molar-refractivity contribution is 0.827. The van der Waals surface area contributed by atoms with Gasteiger partial charge in [-0.3, -0.25) is 9.89 Å². The Bertz CT molecular complexity index is 1220. The summed E-state index contributed by atoms with van der Waals surface area (Å²) in [6, 6.07) is 15.3. The quantitative estimate of drug-likeness (QED) is 0.311. The van der Waals surface area contributed by atoms with E-state index in [1.807, 2.05) is 53.9 Å². The number of rotatable bonds is 4. The number of nitrogens with one attached hydrogen (secondary N) is 1. The lowest BCUT2D eigenvalue weighted by atomic mass is 10.2. The summed E-state index contributed by atoms with van der Waals surface area (Å²) in [4.78, 5) is 17.4. The van der Waals surface area contributed by atoms with Crippen molar-refractivity contribution in [2.24, 2.45) is 10.2 Å². The molecule has 1 N–H and O–H groups in total. The molecule has 6 nitrogen and oxygen atoms in total. The Labute approximate surface area is 181 Å². The minimum atomic E-state index is -0.284. The van der Waals surface area contributed by atoms with Crippen LogP contribution in [0, 0.1) is 6.92 Å². The molecule has 9 heteroatoms. The number of aromatic nitrogens is 3. The van der Waals surface area contributed by atoms with Crippen LogP contribution < -0.4 is 5.56 Å². The Balaban J connectivity index is 1.66. The van der Waals surface area contributed by atoms with Crippen LogP contribution in [0.3, 0.4) is 0 Å². The van der Waals surface area contributed by atoms with Crippen LogP contribution in [0.15, 0.2) is 77.9 Å². The van der Waals surface area contributed by atoms with E-state index < -0.39 is 0 Å². The topological polar surface area (TPSA) is 75.4 Å². The number of H-pyrrole nitrogens is 1. The molecule has 0 unspecified atom stereocenters. The van der Waals surface area contributed by atoms with Crippen molar-refractivity contribution < 1.29 is 0 Å². The molecule has 0 saturated heterocycles. The Morgan fingerprint density at radius 3 is 2.61 bits per heavy atom. The lowest BCUT2D eigenvalue weighted by Gasteiger charge is -1.97. The van der Waals surface area contributed by atoms with Gasteiger partial charge >= 0.3 is 5.56 Å². The number of nitrogens with zero attached hydrogens (tertiary/aromatic N) is 4. The summed E-state index contributed by atoms with van der Waals surface area (Å²) in [6.45, 7) is 1.79. The summed E-state index contributed by atoms with van der Waals surface area (Å²) in [5, 5.41) is 13.8. The van der Waals surface area contributed by atoms with Gasteiger partial charge in [-0.05, 0) is 37.3 Å². The number of halogens is 2. The summed E-state index contributed by atoms with van der Waals surface area (Å²) >= 11 is 8.20. The molecule has 0 atom stereocenters. The molecule has 0 aliphatic carbocycles. The Kier molecular flexibility index (Phi) is 5.38. The number of hydrogen-bond acceptors (Lipinski definition) is 5. The Morgan fingerprint density at radius 1 is 1.07 bits per heavy atom. The molecule has 2 aromatic carbocycles. The number of azo groups is 1. The van der Waals surface area contributed by atoms with Crippen LogP contribution in [0.1, 0.15) is 5.69 Å². The third-order valence-corrected chi connectivity index (χ3v) is 5.79. The third kappa shape index (κ3) is 3.91. The average molecular weight is 519 g/mol. The van der Waals surface area contributed by atoms with Crippen LogP contribution in [-0.4, -0.2) is 14.8 Å². The fourth-order valence-corrected chi connectivity index (χ4v) is 4.00. The van der Waals surface area contributed by atoms with Gasteiger partial charge in [-0.25, -0.2) is 4.98 Å². The predicted molar refractivity (Wildman–Crippen MR) is 118 cm³/mol. The van der Waals surface area contributed by atoms with Crippen molar-refractivity contribution in [3.8, 4) is 16.4 Å². The van der Waals surface area contributed by atoms with Crippen LogP contribution in [0.5, 0.6) is 0 Å². The molecule has 0 aliphatic heterocycles. The minimum Gasteiger partial charge on any atom is -0.291 e. The number of aromatic amines is 1. The fraction of sp³-hybridized carbons (Fsp3) is 0.0526. The van der Waals surface area contributed by atoms with Crippen molar-refractivity contribution in [1.29, 1.82) is 0 Å². The van der Waals surface area contributed by atoms with E-state index in [9.17, 15) is 4.79 Å². The van der Waals surface area contributed by atoms with Crippen molar-refractivity contribution in [3.63, 3.8) is 0 Å². The van der Waals surface area contributed by atoms with Gasteiger partial charge in [-0.2, -0.15) is 9.80 Å².